The van der Waals surface area contributed by atoms with Gasteiger partial charge in [0.15, 0.2) is 6.29 Å². The molecule has 0 aliphatic heterocycles. The molecule has 1 aromatic rings. The molecule has 0 unspecified atom stereocenters. The summed E-state index contributed by atoms with van der Waals surface area (Å²) in [5, 5.41) is 1.79. The molecule has 1 rings (SSSR count). The van der Waals surface area contributed by atoms with Crippen LogP contribution in [-0.2, 0) is 9.53 Å². The molecule has 0 saturated heterocycles. The highest BCUT2D eigenvalue weighted by Crippen LogP contribution is 2.16. The Balaban J connectivity index is 2.78. The van der Waals surface area contributed by atoms with Crippen molar-refractivity contribution in [2.24, 2.45) is 0 Å². The van der Waals surface area contributed by atoms with E-state index in [0.29, 0.717) is 5.56 Å². The van der Waals surface area contributed by atoms with E-state index in [2.05, 4.69) is 4.74 Å². The average molecular weight is 196 g/mol. The molecule has 0 saturated carbocycles. The number of hydrogen-bond acceptors (Lipinski definition) is 4. The fraction of sp³-hybridized carbons (Fsp3) is 0.111. The van der Waals surface area contributed by atoms with Crippen LogP contribution >= 0.6 is 11.3 Å². The topological polar surface area (TPSA) is 43.4 Å². The molecule has 0 bridgehead atoms. The zero-order valence-electron chi connectivity index (χ0n) is 7.02. The summed E-state index contributed by atoms with van der Waals surface area (Å²) in [6, 6.07) is 1.70. The Morgan fingerprint density at radius 3 is 3.00 bits per heavy atom. The Bertz CT molecular complexity index is 338. The fourth-order valence-electron chi connectivity index (χ4n) is 0.775. The number of aldehydes is 1. The van der Waals surface area contributed by atoms with E-state index >= 15 is 0 Å². The molecule has 13 heavy (non-hydrogen) atoms. The molecule has 3 nitrogen and oxygen atoms in total. The SMILES string of the molecule is COC(=O)/C=C/c1sccc1C=O. The van der Waals surface area contributed by atoms with Crippen LogP contribution in [0.3, 0.4) is 0 Å². The summed E-state index contributed by atoms with van der Waals surface area (Å²) >= 11 is 1.40. The average Bonchev–Trinajstić information content (AvgIpc) is 2.61. The van der Waals surface area contributed by atoms with Crippen molar-refractivity contribution in [2.45, 2.75) is 0 Å². The minimum atomic E-state index is -0.426. The lowest BCUT2D eigenvalue weighted by atomic mass is 10.3. The highest BCUT2D eigenvalue weighted by molar-refractivity contribution is 7.11. The summed E-state index contributed by atoms with van der Waals surface area (Å²) in [6.45, 7) is 0. The maximum Gasteiger partial charge on any atom is 0.330 e. The minimum absolute atomic E-state index is 0.426. The van der Waals surface area contributed by atoms with Crippen LogP contribution in [0.2, 0.25) is 0 Å². The normalized spacial score (nSPS) is 10.2. The molecule has 0 radical (unpaired) electrons. The largest absolute Gasteiger partial charge is 0.466 e. The molecule has 0 aliphatic rings. The maximum absolute atomic E-state index is 10.7. The van der Waals surface area contributed by atoms with Crippen molar-refractivity contribution in [2.75, 3.05) is 7.11 Å². The van der Waals surface area contributed by atoms with Crippen LogP contribution in [0.15, 0.2) is 17.5 Å². The summed E-state index contributed by atoms with van der Waals surface area (Å²) < 4.78 is 4.41. The van der Waals surface area contributed by atoms with Crippen molar-refractivity contribution in [3.63, 3.8) is 0 Å². The van der Waals surface area contributed by atoms with Crippen LogP contribution in [0.25, 0.3) is 6.08 Å². The van der Waals surface area contributed by atoms with E-state index in [9.17, 15) is 9.59 Å². The lowest BCUT2D eigenvalue weighted by Crippen LogP contribution is -1.93. The summed E-state index contributed by atoms with van der Waals surface area (Å²) in [6.07, 6.45) is 3.62. The Hall–Kier alpha value is -1.42. The van der Waals surface area contributed by atoms with Gasteiger partial charge in [-0.3, -0.25) is 4.79 Å². The van der Waals surface area contributed by atoms with Gasteiger partial charge in [0.2, 0.25) is 0 Å². The summed E-state index contributed by atoms with van der Waals surface area (Å²) in [7, 11) is 1.31. The van der Waals surface area contributed by atoms with E-state index in [-0.39, 0.29) is 0 Å². The molecule has 1 aromatic heterocycles. The van der Waals surface area contributed by atoms with Crippen molar-refractivity contribution in [3.8, 4) is 0 Å². The third-order valence-corrected chi connectivity index (χ3v) is 2.32. The highest BCUT2D eigenvalue weighted by Gasteiger charge is 1.99. The Morgan fingerprint density at radius 2 is 2.38 bits per heavy atom. The van der Waals surface area contributed by atoms with Crippen LogP contribution in [-0.4, -0.2) is 19.4 Å². The van der Waals surface area contributed by atoms with Gasteiger partial charge in [-0.05, 0) is 17.5 Å². The van der Waals surface area contributed by atoms with E-state index in [1.165, 1.54) is 24.5 Å². The van der Waals surface area contributed by atoms with E-state index < -0.39 is 5.97 Å². The summed E-state index contributed by atoms with van der Waals surface area (Å²) in [5.41, 5.74) is 0.588. The number of hydrogen-bond donors (Lipinski definition) is 0. The maximum atomic E-state index is 10.7. The summed E-state index contributed by atoms with van der Waals surface area (Å²) in [5.74, 6) is -0.426. The van der Waals surface area contributed by atoms with Gasteiger partial charge in [0.25, 0.3) is 0 Å². The monoisotopic (exact) mass is 196 g/mol. The lowest BCUT2D eigenvalue weighted by molar-refractivity contribution is -0.134. The van der Waals surface area contributed by atoms with Gasteiger partial charge in [-0.2, -0.15) is 0 Å². The number of esters is 1. The van der Waals surface area contributed by atoms with Gasteiger partial charge in [-0.15, -0.1) is 11.3 Å². The predicted octanol–water partition coefficient (Wildman–Crippen LogP) is 1.75. The number of methoxy groups -OCH3 is 1. The van der Waals surface area contributed by atoms with Crippen molar-refractivity contribution in [1.29, 1.82) is 0 Å². The predicted molar refractivity (Wildman–Crippen MR) is 50.8 cm³/mol. The summed E-state index contributed by atoms with van der Waals surface area (Å²) in [4.78, 5) is 21.9. The zero-order valence-corrected chi connectivity index (χ0v) is 7.84. The second-order valence-electron chi connectivity index (χ2n) is 2.21. The van der Waals surface area contributed by atoms with Crippen LogP contribution in [0.4, 0.5) is 0 Å². The third kappa shape index (κ3) is 2.52. The van der Waals surface area contributed by atoms with E-state index in [4.69, 9.17) is 0 Å². The molecule has 0 amide bonds. The van der Waals surface area contributed by atoms with Gasteiger partial charge in [0.1, 0.15) is 0 Å². The van der Waals surface area contributed by atoms with Crippen LogP contribution in [0.5, 0.6) is 0 Å². The van der Waals surface area contributed by atoms with E-state index in [0.717, 1.165) is 11.2 Å². The molecule has 0 fully saturated rings. The van der Waals surface area contributed by atoms with Crippen LogP contribution < -0.4 is 0 Å². The second kappa shape index (κ2) is 4.57. The number of thiophene rings is 1. The molecular weight excluding hydrogens is 188 g/mol. The first-order valence-electron chi connectivity index (χ1n) is 3.56. The Labute approximate surface area is 79.6 Å². The number of ether oxygens (including phenoxy) is 1. The van der Waals surface area contributed by atoms with Crippen LogP contribution in [0, 0.1) is 0 Å². The first kappa shape index (κ1) is 9.67. The molecule has 0 N–H and O–H groups in total. The van der Waals surface area contributed by atoms with Crippen molar-refractivity contribution in [3.05, 3.63) is 28.0 Å². The van der Waals surface area contributed by atoms with Gasteiger partial charge in [0.05, 0.1) is 7.11 Å². The molecule has 0 atom stereocenters. The zero-order chi connectivity index (χ0) is 9.68. The van der Waals surface area contributed by atoms with Crippen molar-refractivity contribution in [1.82, 2.24) is 0 Å². The van der Waals surface area contributed by atoms with Gasteiger partial charge < -0.3 is 4.74 Å². The lowest BCUT2D eigenvalue weighted by Gasteiger charge is -1.89. The van der Waals surface area contributed by atoms with Crippen LogP contribution in [0.1, 0.15) is 15.2 Å². The Kier molecular flexibility index (Phi) is 3.40. The van der Waals surface area contributed by atoms with Gasteiger partial charge in [-0.25, -0.2) is 4.79 Å². The molecule has 1 heterocycles. The second-order valence-corrected chi connectivity index (χ2v) is 3.16. The molecule has 0 aliphatic carbocycles. The molecule has 4 heteroatoms. The fourth-order valence-corrected chi connectivity index (χ4v) is 1.54. The third-order valence-electron chi connectivity index (χ3n) is 1.43. The number of rotatable bonds is 3. The first-order valence-corrected chi connectivity index (χ1v) is 4.44. The molecule has 68 valence electrons. The quantitative estimate of drug-likeness (QED) is 0.420. The number of carbonyl (C=O) groups is 2. The van der Waals surface area contributed by atoms with Crippen molar-refractivity contribution >= 4 is 29.7 Å². The standard InChI is InChI=1S/C9H8O3S/c1-12-9(11)3-2-8-7(6-10)4-5-13-8/h2-6H,1H3/b3-2+. The highest BCUT2D eigenvalue weighted by atomic mass is 32.1. The Morgan fingerprint density at radius 1 is 1.62 bits per heavy atom. The van der Waals surface area contributed by atoms with E-state index in [1.807, 2.05) is 0 Å². The van der Waals surface area contributed by atoms with Crippen molar-refractivity contribution < 1.29 is 14.3 Å². The smallest absolute Gasteiger partial charge is 0.330 e. The first-order chi connectivity index (χ1) is 6.27. The van der Waals surface area contributed by atoms with Gasteiger partial charge in [-0.1, -0.05) is 0 Å². The van der Waals surface area contributed by atoms with E-state index in [1.54, 1.807) is 17.5 Å². The molecule has 0 spiro atoms. The van der Waals surface area contributed by atoms with Gasteiger partial charge >= 0.3 is 5.97 Å². The molecular formula is C9H8O3S. The minimum Gasteiger partial charge on any atom is -0.466 e. The number of carbonyl (C=O) groups excluding carboxylic acids is 2. The molecule has 0 aromatic carbocycles. The van der Waals surface area contributed by atoms with Gasteiger partial charge in [0, 0.05) is 16.5 Å².